The third-order valence-corrected chi connectivity index (χ3v) is 6.26. The predicted octanol–water partition coefficient (Wildman–Crippen LogP) is 4.20. The van der Waals surface area contributed by atoms with Crippen molar-refractivity contribution >= 4 is 29.9 Å². The molecule has 2 aliphatic heterocycles. The Morgan fingerprint density at radius 2 is 1.97 bits per heavy atom. The molecule has 0 amide bonds. The zero-order chi connectivity index (χ0) is 21.6. The number of aromatic nitrogens is 1. The van der Waals surface area contributed by atoms with Crippen molar-refractivity contribution < 1.29 is 9.15 Å². The molecule has 0 radical (unpaired) electrons. The minimum absolute atomic E-state index is 0. The second-order valence-corrected chi connectivity index (χ2v) is 8.56. The number of guanidine groups is 1. The highest BCUT2D eigenvalue weighted by Gasteiger charge is 2.23. The Balaban J connectivity index is 0.00000289. The fraction of sp³-hybridized carbons (Fsp3) is 0.583. The standard InChI is InChI=1S/C24H35N5O2.HI/c1-4-25-24(28-21-11-14-30-22-8-6-5-7-20(21)22)26-15-19-9-12-29(13-10-19)16-23-27-17(2)18(3)31-23;/h5-8,19,21H,4,9-16H2,1-3H3,(H2,25,26,28);1H. The molecule has 3 heterocycles. The maximum absolute atomic E-state index is 5.79. The van der Waals surface area contributed by atoms with Crippen LogP contribution in [0, 0.1) is 19.8 Å². The maximum atomic E-state index is 5.79. The Bertz CT molecular complexity index is 873. The van der Waals surface area contributed by atoms with E-state index in [9.17, 15) is 0 Å². The number of aliphatic imine (C=N–C) groups is 1. The van der Waals surface area contributed by atoms with E-state index in [0.29, 0.717) is 5.92 Å². The van der Waals surface area contributed by atoms with Crippen LogP contribution in [0.1, 0.15) is 55.1 Å². The number of fused-ring (bicyclic) bond motifs is 1. The number of aryl methyl sites for hydroxylation is 2. The number of nitrogens with one attached hydrogen (secondary N) is 2. The molecule has 1 aromatic heterocycles. The molecule has 1 atom stereocenters. The molecular weight excluding hydrogens is 517 g/mol. The smallest absolute Gasteiger partial charge is 0.208 e. The van der Waals surface area contributed by atoms with Crippen LogP contribution in [0.4, 0.5) is 0 Å². The van der Waals surface area contributed by atoms with Crippen LogP contribution in [0.3, 0.4) is 0 Å². The molecule has 7 nitrogen and oxygen atoms in total. The Morgan fingerprint density at radius 3 is 2.69 bits per heavy atom. The van der Waals surface area contributed by atoms with Crippen molar-refractivity contribution in [3.63, 3.8) is 0 Å². The number of halogens is 1. The van der Waals surface area contributed by atoms with Crippen LogP contribution in [0.25, 0.3) is 0 Å². The first-order chi connectivity index (χ1) is 15.1. The first kappa shape index (κ1) is 24.8. The van der Waals surface area contributed by atoms with E-state index in [4.69, 9.17) is 14.1 Å². The van der Waals surface area contributed by atoms with Crippen molar-refractivity contribution in [3.05, 3.63) is 47.2 Å². The fourth-order valence-corrected chi connectivity index (χ4v) is 4.32. The van der Waals surface area contributed by atoms with Crippen molar-refractivity contribution in [1.29, 1.82) is 0 Å². The van der Waals surface area contributed by atoms with Gasteiger partial charge in [-0.25, -0.2) is 4.98 Å². The van der Waals surface area contributed by atoms with E-state index < -0.39 is 0 Å². The SMILES string of the molecule is CCNC(=NCC1CCN(Cc2nc(C)c(C)o2)CC1)NC1CCOc2ccccc21.I. The van der Waals surface area contributed by atoms with Gasteiger partial charge >= 0.3 is 0 Å². The molecule has 1 unspecified atom stereocenters. The molecule has 8 heteroatoms. The normalized spacial score (nSPS) is 19.6. The molecule has 2 N–H and O–H groups in total. The summed E-state index contributed by atoms with van der Waals surface area (Å²) in [5.41, 5.74) is 2.21. The van der Waals surface area contributed by atoms with E-state index >= 15 is 0 Å². The molecule has 1 aromatic carbocycles. The van der Waals surface area contributed by atoms with Gasteiger partial charge in [0.05, 0.1) is 24.9 Å². The monoisotopic (exact) mass is 553 g/mol. The van der Waals surface area contributed by atoms with Crippen molar-refractivity contribution in [3.8, 4) is 5.75 Å². The van der Waals surface area contributed by atoms with Crippen LogP contribution in [0.15, 0.2) is 33.7 Å². The van der Waals surface area contributed by atoms with E-state index in [-0.39, 0.29) is 30.0 Å². The van der Waals surface area contributed by atoms with Crippen LogP contribution in [0.5, 0.6) is 5.75 Å². The average Bonchev–Trinajstić information content (AvgIpc) is 3.10. The van der Waals surface area contributed by atoms with Crippen molar-refractivity contribution in [1.82, 2.24) is 20.5 Å². The summed E-state index contributed by atoms with van der Waals surface area (Å²) in [4.78, 5) is 11.9. The van der Waals surface area contributed by atoms with Gasteiger partial charge in [-0.1, -0.05) is 18.2 Å². The molecule has 0 spiro atoms. The van der Waals surface area contributed by atoms with Crippen LogP contribution < -0.4 is 15.4 Å². The van der Waals surface area contributed by atoms with Gasteiger partial charge in [-0.05, 0) is 58.7 Å². The number of para-hydroxylation sites is 1. The second-order valence-electron chi connectivity index (χ2n) is 8.56. The molecule has 4 rings (SSSR count). The third kappa shape index (κ3) is 6.37. The fourth-order valence-electron chi connectivity index (χ4n) is 4.32. The number of rotatable bonds is 6. The third-order valence-electron chi connectivity index (χ3n) is 6.26. The van der Waals surface area contributed by atoms with Crippen molar-refractivity contribution in [2.75, 3.05) is 32.8 Å². The van der Waals surface area contributed by atoms with Crippen LogP contribution in [-0.4, -0.2) is 48.6 Å². The summed E-state index contributed by atoms with van der Waals surface area (Å²) in [5, 5.41) is 7.05. The summed E-state index contributed by atoms with van der Waals surface area (Å²) in [6.07, 6.45) is 3.25. The first-order valence-corrected chi connectivity index (χ1v) is 11.5. The summed E-state index contributed by atoms with van der Waals surface area (Å²) in [6, 6.07) is 8.51. The van der Waals surface area contributed by atoms with E-state index in [2.05, 4.69) is 39.6 Å². The number of likely N-dealkylation sites (tertiary alicyclic amines) is 1. The molecule has 0 bridgehead atoms. The van der Waals surface area contributed by atoms with Gasteiger partial charge in [0.2, 0.25) is 5.89 Å². The highest BCUT2D eigenvalue weighted by Crippen LogP contribution is 2.31. The zero-order valence-electron chi connectivity index (χ0n) is 19.4. The molecular formula is C24H36IN5O2. The number of hydrogen-bond acceptors (Lipinski definition) is 5. The van der Waals surface area contributed by atoms with Crippen molar-refractivity contribution in [2.24, 2.45) is 10.9 Å². The summed E-state index contributed by atoms with van der Waals surface area (Å²) in [6.45, 7) is 11.5. The largest absolute Gasteiger partial charge is 0.493 e. The average molecular weight is 553 g/mol. The Hall–Kier alpha value is -1.81. The molecule has 0 aliphatic carbocycles. The van der Waals surface area contributed by atoms with Crippen LogP contribution in [0.2, 0.25) is 0 Å². The minimum atomic E-state index is 0. The predicted molar refractivity (Wildman–Crippen MR) is 138 cm³/mol. The van der Waals surface area contributed by atoms with Gasteiger partial charge in [-0.3, -0.25) is 9.89 Å². The highest BCUT2D eigenvalue weighted by molar-refractivity contribution is 14.0. The number of ether oxygens (including phenoxy) is 1. The van der Waals surface area contributed by atoms with Crippen LogP contribution >= 0.6 is 24.0 Å². The molecule has 2 aliphatic rings. The minimum Gasteiger partial charge on any atom is -0.493 e. The Kier molecular flexibility index (Phi) is 9.22. The lowest BCUT2D eigenvalue weighted by Gasteiger charge is -2.31. The summed E-state index contributed by atoms with van der Waals surface area (Å²) < 4.78 is 11.5. The number of oxazole rings is 1. The van der Waals surface area contributed by atoms with Gasteiger partial charge in [0.15, 0.2) is 5.96 Å². The number of hydrogen-bond donors (Lipinski definition) is 2. The topological polar surface area (TPSA) is 74.9 Å². The van der Waals surface area contributed by atoms with Crippen molar-refractivity contribution in [2.45, 2.75) is 52.6 Å². The summed E-state index contributed by atoms with van der Waals surface area (Å²) in [5.74, 6) is 4.25. The molecule has 32 heavy (non-hydrogen) atoms. The van der Waals surface area contributed by atoms with Gasteiger partial charge < -0.3 is 19.8 Å². The molecule has 1 saturated heterocycles. The van der Waals surface area contributed by atoms with Gasteiger partial charge in [-0.2, -0.15) is 0 Å². The van der Waals surface area contributed by atoms with E-state index in [0.717, 1.165) is 87.6 Å². The van der Waals surface area contributed by atoms with E-state index in [1.54, 1.807) is 0 Å². The first-order valence-electron chi connectivity index (χ1n) is 11.5. The molecule has 1 fully saturated rings. The van der Waals surface area contributed by atoms with Gasteiger partial charge in [0.1, 0.15) is 11.5 Å². The highest BCUT2D eigenvalue weighted by atomic mass is 127. The van der Waals surface area contributed by atoms with E-state index in [1.807, 2.05) is 26.0 Å². The summed E-state index contributed by atoms with van der Waals surface area (Å²) >= 11 is 0. The lowest BCUT2D eigenvalue weighted by molar-refractivity contribution is 0.166. The zero-order valence-corrected chi connectivity index (χ0v) is 21.7. The van der Waals surface area contributed by atoms with E-state index in [1.165, 1.54) is 5.56 Å². The van der Waals surface area contributed by atoms with Gasteiger partial charge in [-0.15, -0.1) is 24.0 Å². The lowest BCUT2D eigenvalue weighted by atomic mass is 9.97. The maximum Gasteiger partial charge on any atom is 0.208 e. The van der Waals surface area contributed by atoms with Gasteiger partial charge in [0, 0.05) is 25.1 Å². The number of nitrogens with zero attached hydrogens (tertiary/aromatic N) is 3. The second kappa shape index (κ2) is 11.9. The molecule has 0 saturated carbocycles. The van der Waals surface area contributed by atoms with Crippen LogP contribution in [-0.2, 0) is 6.54 Å². The number of piperidine rings is 1. The Morgan fingerprint density at radius 1 is 1.19 bits per heavy atom. The lowest BCUT2D eigenvalue weighted by Crippen LogP contribution is -2.41. The number of benzene rings is 1. The quantitative estimate of drug-likeness (QED) is 0.318. The molecule has 176 valence electrons. The molecule has 2 aromatic rings. The summed E-state index contributed by atoms with van der Waals surface area (Å²) in [7, 11) is 0. The van der Waals surface area contributed by atoms with Gasteiger partial charge in [0.25, 0.3) is 0 Å². The Labute approximate surface area is 208 Å².